The highest BCUT2D eigenvalue weighted by molar-refractivity contribution is 6.41. The van der Waals surface area contributed by atoms with Crippen molar-refractivity contribution in [1.82, 2.24) is 14.5 Å². The zero-order valence-corrected chi connectivity index (χ0v) is 16.8. The molecular formula is C21H21Cl2N3O. The van der Waals surface area contributed by atoms with Gasteiger partial charge in [0.15, 0.2) is 0 Å². The number of rotatable bonds is 6. The van der Waals surface area contributed by atoms with Crippen molar-refractivity contribution in [3.8, 4) is 0 Å². The van der Waals surface area contributed by atoms with Crippen molar-refractivity contribution in [2.45, 2.75) is 26.4 Å². The molecular weight excluding hydrogens is 381 g/mol. The molecule has 4 nitrogen and oxygen atoms in total. The number of aryl methyl sites for hydroxylation is 1. The van der Waals surface area contributed by atoms with Crippen molar-refractivity contribution in [3.63, 3.8) is 0 Å². The predicted molar refractivity (Wildman–Crippen MR) is 109 cm³/mol. The first-order valence-electron chi connectivity index (χ1n) is 8.76. The van der Waals surface area contributed by atoms with E-state index in [2.05, 4.69) is 36.2 Å². The molecule has 0 aliphatic heterocycles. The maximum Gasteiger partial charge on any atom is 0.271 e. The molecule has 0 fully saturated rings. The van der Waals surface area contributed by atoms with Crippen LogP contribution in [0.4, 0.5) is 0 Å². The van der Waals surface area contributed by atoms with E-state index >= 15 is 0 Å². The van der Waals surface area contributed by atoms with Gasteiger partial charge in [-0.15, -0.1) is 0 Å². The van der Waals surface area contributed by atoms with E-state index in [-0.39, 0.29) is 5.91 Å². The van der Waals surface area contributed by atoms with Crippen molar-refractivity contribution in [3.05, 3.63) is 87.4 Å². The summed E-state index contributed by atoms with van der Waals surface area (Å²) >= 11 is 12.3. The number of benzene rings is 1. The van der Waals surface area contributed by atoms with Crippen LogP contribution >= 0.6 is 23.2 Å². The molecule has 0 aliphatic rings. The Labute approximate surface area is 169 Å². The van der Waals surface area contributed by atoms with E-state index in [0.29, 0.717) is 29.0 Å². The fraction of sp³-hybridized carbons (Fsp3) is 0.238. The molecule has 0 radical (unpaired) electrons. The number of hydrogen-bond donors (Lipinski definition) is 0. The van der Waals surface area contributed by atoms with Gasteiger partial charge in [0, 0.05) is 32.5 Å². The van der Waals surface area contributed by atoms with E-state index in [9.17, 15) is 4.79 Å². The molecule has 1 amide bonds. The van der Waals surface area contributed by atoms with Crippen molar-refractivity contribution >= 4 is 29.1 Å². The molecule has 2 aromatic heterocycles. The molecule has 0 saturated carbocycles. The Kier molecular flexibility index (Phi) is 6.19. The number of halogens is 2. The number of aromatic nitrogens is 2. The second-order valence-electron chi connectivity index (χ2n) is 6.42. The summed E-state index contributed by atoms with van der Waals surface area (Å²) in [5, 5.41) is 0.727. The first kappa shape index (κ1) is 19.5. The predicted octanol–water partition coefficient (Wildman–Crippen LogP) is 5.13. The lowest BCUT2D eigenvalue weighted by molar-refractivity contribution is 0.0720. The van der Waals surface area contributed by atoms with Crippen LogP contribution in [0.1, 0.15) is 34.1 Å². The first-order valence-corrected chi connectivity index (χ1v) is 9.52. The van der Waals surface area contributed by atoms with Gasteiger partial charge in [-0.05, 0) is 35.2 Å². The first-order chi connectivity index (χ1) is 13.0. The smallest absolute Gasteiger partial charge is 0.271 e. The van der Waals surface area contributed by atoms with Crippen molar-refractivity contribution in [2.75, 3.05) is 0 Å². The second-order valence-corrected chi connectivity index (χ2v) is 7.19. The second kappa shape index (κ2) is 8.59. The largest absolute Gasteiger partial charge is 0.329 e. The minimum absolute atomic E-state index is 0.130. The van der Waals surface area contributed by atoms with E-state index in [0.717, 1.165) is 17.5 Å². The number of amides is 1. The Hall–Kier alpha value is -2.30. The van der Waals surface area contributed by atoms with E-state index in [4.69, 9.17) is 23.2 Å². The maximum atomic E-state index is 13.2. The van der Waals surface area contributed by atoms with Crippen LogP contribution in [0.5, 0.6) is 0 Å². The minimum Gasteiger partial charge on any atom is -0.329 e. The van der Waals surface area contributed by atoms with Crippen molar-refractivity contribution < 1.29 is 4.79 Å². The molecule has 0 atom stereocenters. The van der Waals surface area contributed by atoms with Gasteiger partial charge in [0.1, 0.15) is 10.8 Å². The Morgan fingerprint density at radius 1 is 1.07 bits per heavy atom. The van der Waals surface area contributed by atoms with Crippen LogP contribution in [0.3, 0.4) is 0 Å². The van der Waals surface area contributed by atoms with E-state index in [1.807, 2.05) is 12.1 Å². The zero-order chi connectivity index (χ0) is 19.4. The number of carbonyl (C=O) groups is 1. The summed E-state index contributed by atoms with van der Waals surface area (Å²) in [5.74, 6) is -0.130. The summed E-state index contributed by atoms with van der Waals surface area (Å²) in [7, 11) is 1.74. The van der Waals surface area contributed by atoms with Crippen LogP contribution in [0.25, 0.3) is 0 Å². The monoisotopic (exact) mass is 401 g/mol. The third-order valence-corrected chi connectivity index (χ3v) is 5.37. The lowest BCUT2D eigenvalue weighted by atomic mass is 10.1. The highest BCUT2D eigenvalue weighted by atomic mass is 35.5. The van der Waals surface area contributed by atoms with Gasteiger partial charge in [0.2, 0.25) is 0 Å². The van der Waals surface area contributed by atoms with Crippen molar-refractivity contribution in [1.29, 1.82) is 0 Å². The highest BCUT2D eigenvalue weighted by Gasteiger charge is 2.22. The lowest BCUT2D eigenvalue weighted by Crippen LogP contribution is -2.31. The average Bonchev–Trinajstić information content (AvgIpc) is 2.95. The maximum absolute atomic E-state index is 13.2. The standard InChI is InChI=1S/C21H21Cl2N3O/c1-3-15-6-8-16(9-7-15)13-26(14-17-5-4-10-24-12-17)21(27)19-11-18(22)20(23)25(19)2/h4-12H,3,13-14H2,1-2H3. The van der Waals surface area contributed by atoms with Crippen LogP contribution in [-0.2, 0) is 26.6 Å². The molecule has 0 bridgehead atoms. The van der Waals surface area contributed by atoms with E-state index in [1.165, 1.54) is 5.56 Å². The van der Waals surface area contributed by atoms with E-state index in [1.54, 1.807) is 35.0 Å². The summed E-state index contributed by atoms with van der Waals surface area (Å²) in [5.41, 5.74) is 3.75. The highest BCUT2D eigenvalue weighted by Crippen LogP contribution is 2.26. The molecule has 27 heavy (non-hydrogen) atoms. The van der Waals surface area contributed by atoms with Crippen LogP contribution in [0, 0.1) is 0 Å². The third kappa shape index (κ3) is 4.52. The quantitative estimate of drug-likeness (QED) is 0.573. The van der Waals surface area contributed by atoms with Gasteiger partial charge in [0.25, 0.3) is 5.91 Å². The van der Waals surface area contributed by atoms with Gasteiger partial charge in [-0.3, -0.25) is 9.78 Å². The fourth-order valence-corrected chi connectivity index (χ4v) is 3.30. The number of carbonyl (C=O) groups excluding carboxylic acids is 1. The molecule has 0 aliphatic carbocycles. The molecule has 1 aromatic carbocycles. The van der Waals surface area contributed by atoms with Gasteiger partial charge in [-0.25, -0.2) is 0 Å². The molecule has 0 unspecified atom stereocenters. The van der Waals surface area contributed by atoms with Crippen molar-refractivity contribution in [2.24, 2.45) is 7.05 Å². The van der Waals surface area contributed by atoms with Gasteiger partial charge in [-0.1, -0.05) is 60.5 Å². The van der Waals surface area contributed by atoms with Gasteiger partial charge in [-0.2, -0.15) is 0 Å². The molecule has 2 heterocycles. The Morgan fingerprint density at radius 3 is 2.30 bits per heavy atom. The topological polar surface area (TPSA) is 38.1 Å². The summed E-state index contributed by atoms with van der Waals surface area (Å²) in [4.78, 5) is 19.2. The molecule has 3 aromatic rings. The Bertz CT molecular complexity index is 921. The molecule has 0 saturated heterocycles. The van der Waals surface area contributed by atoms with Gasteiger partial charge in [0.05, 0.1) is 5.02 Å². The number of pyridine rings is 1. The average molecular weight is 402 g/mol. The summed E-state index contributed by atoms with van der Waals surface area (Å²) in [6, 6.07) is 13.8. The summed E-state index contributed by atoms with van der Waals surface area (Å²) in [6.07, 6.45) is 4.47. The summed E-state index contributed by atoms with van der Waals surface area (Å²) in [6.45, 7) is 3.05. The minimum atomic E-state index is -0.130. The normalized spacial score (nSPS) is 10.8. The summed E-state index contributed by atoms with van der Waals surface area (Å²) < 4.78 is 1.61. The molecule has 6 heteroatoms. The van der Waals surface area contributed by atoms with Crippen LogP contribution in [-0.4, -0.2) is 20.4 Å². The molecule has 140 valence electrons. The van der Waals surface area contributed by atoms with Gasteiger partial charge < -0.3 is 9.47 Å². The number of nitrogens with zero attached hydrogens (tertiary/aromatic N) is 3. The molecule has 0 N–H and O–H groups in total. The SMILES string of the molecule is CCc1ccc(CN(Cc2cccnc2)C(=O)c2cc(Cl)c(Cl)n2C)cc1. The lowest BCUT2D eigenvalue weighted by Gasteiger charge is -2.23. The van der Waals surface area contributed by atoms with Crippen LogP contribution in [0.15, 0.2) is 54.9 Å². The fourth-order valence-electron chi connectivity index (χ4n) is 2.92. The number of hydrogen-bond acceptors (Lipinski definition) is 2. The van der Waals surface area contributed by atoms with Crippen LogP contribution in [0.2, 0.25) is 10.2 Å². The Balaban J connectivity index is 1.90. The van der Waals surface area contributed by atoms with E-state index < -0.39 is 0 Å². The Morgan fingerprint density at radius 2 is 1.74 bits per heavy atom. The zero-order valence-electron chi connectivity index (χ0n) is 15.3. The van der Waals surface area contributed by atoms with Gasteiger partial charge >= 0.3 is 0 Å². The van der Waals surface area contributed by atoms with Crippen LogP contribution < -0.4 is 0 Å². The third-order valence-electron chi connectivity index (χ3n) is 4.52. The molecule has 3 rings (SSSR count). The molecule has 0 spiro atoms.